The number of nitriles is 2. The molecule has 0 saturated heterocycles. The summed E-state index contributed by atoms with van der Waals surface area (Å²) in [7, 11) is 0. The van der Waals surface area contributed by atoms with Crippen LogP contribution in [-0.4, -0.2) is 0 Å². The summed E-state index contributed by atoms with van der Waals surface area (Å²) in [5.41, 5.74) is -0.0918. The van der Waals surface area contributed by atoms with Crippen molar-refractivity contribution in [2.24, 2.45) is 10.8 Å². The summed E-state index contributed by atoms with van der Waals surface area (Å²) >= 11 is 0. The normalized spacial score (nSPS) is 51.8. The van der Waals surface area contributed by atoms with Crippen LogP contribution in [0, 0.1) is 33.5 Å². The van der Waals surface area contributed by atoms with Crippen LogP contribution in [0.25, 0.3) is 0 Å². The molecular weight excluding hydrogens is 112 g/mol. The van der Waals surface area contributed by atoms with Crippen molar-refractivity contribution >= 4 is 0 Å². The summed E-state index contributed by atoms with van der Waals surface area (Å²) in [6.45, 7) is 0. The van der Waals surface area contributed by atoms with Crippen LogP contribution < -0.4 is 0 Å². The maximum absolute atomic E-state index is 8.53. The van der Waals surface area contributed by atoms with Crippen LogP contribution in [0.2, 0.25) is 0 Å². The first-order valence-electron chi connectivity index (χ1n) is 3.07. The summed E-state index contributed by atoms with van der Waals surface area (Å²) in [6, 6.07) is 4.50. The lowest BCUT2D eigenvalue weighted by atomic mass is 9.36. The lowest BCUT2D eigenvalue weighted by Crippen LogP contribution is -2.59. The first kappa shape index (κ1) is 4.82. The van der Waals surface area contributed by atoms with Gasteiger partial charge in [-0.2, -0.15) is 10.5 Å². The molecule has 0 amide bonds. The smallest absolute Gasteiger partial charge is 0.0691 e. The molecule has 0 aliphatic heterocycles. The average Bonchev–Trinajstić information content (AvgIpc) is 1.62. The van der Waals surface area contributed by atoms with Crippen molar-refractivity contribution in [1.29, 1.82) is 10.5 Å². The van der Waals surface area contributed by atoms with Gasteiger partial charge < -0.3 is 0 Å². The Hall–Kier alpha value is -1.02. The molecule has 0 atom stereocenters. The fourth-order valence-corrected chi connectivity index (χ4v) is 2.03. The summed E-state index contributed by atoms with van der Waals surface area (Å²) in [6.07, 6.45) is 2.52. The van der Waals surface area contributed by atoms with Gasteiger partial charge in [0.05, 0.1) is 23.0 Å². The van der Waals surface area contributed by atoms with E-state index < -0.39 is 0 Å². The van der Waals surface area contributed by atoms with E-state index in [0.717, 1.165) is 19.3 Å². The Kier molecular flexibility index (Phi) is 0.524. The average molecular weight is 118 g/mol. The number of hydrogen-bond donors (Lipinski definition) is 0. The molecule has 3 saturated carbocycles. The van der Waals surface area contributed by atoms with Crippen LogP contribution in [0.1, 0.15) is 19.3 Å². The Bertz CT molecular complexity index is 197. The van der Waals surface area contributed by atoms with E-state index in [1.807, 2.05) is 0 Å². The topological polar surface area (TPSA) is 47.6 Å². The van der Waals surface area contributed by atoms with Crippen LogP contribution in [0.5, 0.6) is 0 Å². The van der Waals surface area contributed by atoms with Crippen LogP contribution >= 0.6 is 0 Å². The highest BCUT2D eigenvalue weighted by Gasteiger charge is 2.69. The van der Waals surface area contributed by atoms with E-state index in [0.29, 0.717) is 0 Å². The molecule has 3 fully saturated rings. The molecular formula is C7H6N2. The molecule has 2 heteroatoms. The standard InChI is InChI=1S/C7H6N2/c8-4-6-1-7(2-6,3-6)5-9/h1-3H2. The van der Waals surface area contributed by atoms with Gasteiger partial charge in [0.25, 0.3) is 0 Å². The Balaban J connectivity index is 2.17. The van der Waals surface area contributed by atoms with E-state index in [1.54, 1.807) is 0 Å². The van der Waals surface area contributed by atoms with Crippen molar-refractivity contribution < 1.29 is 0 Å². The highest BCUT2D eigenvalue weighted by atomic mass is 14.7. The second-order valence-corrected chi connectivity index (χ2v) is 3.31. The molecule has 0 aromatic rings. The third-order valence-corrected chi connectivity index (χ3v) is 2.50. The zero-order valence-electron chi connectivity index (χ0n) is 5.02. The molecule has 0 N–H and O–H groups in total. The highest BCUT2D eigenvalue weighted by molar-refractivity contribution is 5.32. The van der Waals surface area contributed by atoms with Gasteiger partial charge in [0, 0.05) is 0 Å². The Morgan fingerprint density at radius 3 is 1.44 bits per heavy atom. The van der Waals surface area contributed by atoms with Crippen LogP contribution in [0.15, 0.2) is 0 Å². The highest BCUT2D eigenvalue weighted by Crippen LogP contribution is 2.72. The molecule has 0 aromatic heterocycles. The summed E-state index contributed by atoms with van der Waals surface area (Å²) in [5.74, 6) is 0. The maximum Gasteiger partial charge on any atom is 0.0691 e. The Morgan fingerprint density at radius 1 is 0.889 bits per heavy atom. The second-order valence-electron chi connectivity index (χ2n) is 3.31. The Morgan fingerprint density at radius 2 is 1.22 bits per heavy atom. The zero-order valence-corrected chi connectivity index (χ0v) is 5.02. The molecule has 9 heavy (non-hydrogen) atoms. The molecule has 2 nitrogen and oxygen atoms in total. The number of hydrogen-bond acceptors (Lipinski definition) is 2. The molecule has 44 valence electrons. The monoisotopic (exact) mass is 118 g/mol. The molecule has 3 rings (SSSR count). The second kappa shape index (κ2) is 0.977. The predicted octanol–water partition coefficient (Wildman–Crippen LogP) is 1.20. The van der Waals surface area contributed by atoms with E-state index >= 15 is 0 Å². The largest absolute Gasteiger partial charge is 0.198 e. The minimum Gasteiger partial charge on any atom is -0.198 e. The van der Waals surface area contributed by atoms with Gasteiger partial charge in [0.2, 0.25) is 0 Å². The lowest BCUT2D eigenvalue weighted by molar-refractivity contribution is -0.116. The van der Waals surface area contributed by atoms with Crippen LogP contribution in [0.3, 0.4) is 0 Å². The quantitative estimate of drug-likeness (QED) is 0.480. The van der Waals surface area contributed by atoms with Gasteiger partial charge in [-0.15, -0.1) is 0 Å². The molecule has 0 spiro atoms. The summed E-state index contributed by atoms with van der Waals surface area (Å²) in [4.78, 5) is 0. The molecule has 0 heterocycles. The number of rotatable bonds is 0. The van der Waals surface area contributed by atoms with E-state index in [4.69, 9.17) is 10.5 Å². The van der Waals surface area contributed by atoms with E-state index in [1.165, 1.54) is 0 Å². The van der Waals surface area contributed by atoms with E-state index in [9.17, 15) is 0 Å². The van der Waals surface area contributed by atoms with Crippen molar-refractivity contribution in [3.8, 4) is 12.1 Å². The van der Waals surface area contributed by atoms with Gasteiger partial charge in [0.1, 0.15) is 0 Å². The van der Waals surface area contributed by atoms with E-state index in [2.05, 4.69) is 12.1 Å². The fourth-order valence-electron chi connectivity index (χ4n) is 2.03. The summed E-state index contributed by atoms with van der Waals surface area (Å²) < 4.78 is 0. The fraction of sp³-hybridized carbons (Fsp3) is 0.714. The van der Waals surface area contributed by atoms with Gasteiger partial charge in [-0.05, 0) is 19.3 Å². The third-order valence-electron chi connectivity index (χ3n) is 2.50. The SMILES string of the molecule is N#CC12CC(C#N)(C1)C2. The van der Waals surface area contributed by atoms with Crippen molar-refractivity contribution in [2.75, 3.05) is 0 Å². The van der Waals surface area contributed by atoms with Gasteiger partial charge in [-0.3, -0.25) is 0 Å². The maximum atomic E-state index is 8.53. The third kappa shape index (κ3) is 0.328. The molecule has 3 aliphatic carbocycles. The predicted molar refractivity (Wildman–Crippen MR) is 29.9 cm³/mol. The molecule has 0 unspecified atom stereocenters. The molecule has 3 aliphatic rings. The minimum absolute atomic E-state index is 0.0459. The molecule has 0 radical (unpaired) electrons. The van der Waals surface area contributed by atoms with E-state index in [-0.39, 0.29) is 10.8 Å². The zero-order chi connectivity index (χ0) is 6.54. The number of nitrogens with zero attached hydrogens (tertiary/aromatic N) is 2. The van der Waals surface area contributed by atoms with Crippen molar-refractivity contribution in [2.45, 2.75) is 19.3 Å². The van der Waals surface area contributed by atoms with Crippen molar-refractivity contribution in [3.05, 3.63) is 0 Å². The van der Waals surface area contributed by atoms with Gasteiger partial charge in [-0.25, -0.2) is 0 Å². The summed E-state index contributed by atoms with van der Waals surface area (Å²) in [5, 5.41) is 17.1. The van der Waals surface area contributed by atoms with Crippen molar-refractivity contribution in [3.63, 3.8) is 0 Å². The van der Waals surface area contributed by atoms with Gasteiger partial charge in [-0.1, -0.05) is 0 Å². The first-order valence-corrected chi connectivity index (χ1v) is 3.07. The minimum atomic E-state index is -0.0459. The first-order chi connectivity index (χ1) is 4.24. The van der Waals surface area contributed by atoms with Gasteiger partial charge >= 0.3 is 0 Å². The van der Waals surface area contributed by atoms with Gasteiger partial charge in [0.15, 0.2) is 0 Å². The molecule has 0 aromatic carbocycles. The Labute approximate surface area is 53.7 Å². The van der Waals surface area contributed by atoms with Crippen LogP contribution in [-0.2, 0) is 0 Å². The lowest BCUT2D eigenvalue weighted by Gasteiger charge is -2.62. The van der Waals surface area contributed by atoms with Crippen molar-refractivity contribution in [1.82, 2.24) is 0 Å². The molecule has 2 bridgehead atoms. The van der Waals surface area contributed by atoms with Crippen LogP contribution in [0.4, 0.5) is 0 Å².